The summed E-state index contributed by atoms with van der Waals surface area (Å²) in [6, 6.07) is 3.11. The molecule has 3 unspecified atom stereocenters. The van der Waals surface area contributed by atoms with Crippen LogP contribution in [0.1, 0.15) is 39.5 Å². The summed E-state index contributed by atoms with van der Waals surface area (Å²) in [4.78, 5) is 2.39. The molecule has 0 aromatic rings. The quantitative estimate of drug-likeness (QED) is 0.767. The van der Waals surface area contributed by atoms with Gasteiger partial charge in [-0.25, -0.2) is 0 Å². The Morgan fingerprint density at radius 2 is 2.13 bits per heavy atom. The first-order valence-corrected chi connectivity index (χ1v) is 6.08. The van der Waals surface area contributed by atoms with Crippen LogP contribution in [0.2, 0.25) is 0 Å². The highest BCUT2D eigenvalue weighted by Crippen LogP contribution is 2.22. The molecule has 1 fully saturated rings. The van der Waals surface area contributed by atoms with E-state index in [1.807, 2.05) is 6.92 Å². The molecule has 3 atom stereocenters. The highest BCUT2D eigenvalue weighted by molar-refractivity contribution is 4.89. The Labute approximate surface area is 93.2 Å². The van der Waals surface area contributed by atoms with E-state index in [1.54, 1.807) is 0 Å². The lowest BCUT2D eigenvalue weighted by molar-refractivity contribution is 0.135. The van der Waals surface area contributed by atoms with Gasteiger partial charge in [-0.1, -0.05) is 19.8 Å². The molecule has 1 aliphatic rings. The lowest BCUT2D eigenvalue weighted by Gasteiger charge is -2.38. The third-order valence-corrected chi connectivity index (χ3v) is 3.39. The number of rotatable bonds is 4. The van der Waals surface area contributed by atoms with Gasteiger partial charge in [-0.2, -0.15) is 5.26 Å². The van der Waals surface area contributed by atoms with Gasteiger partial charge in [0, 0.05) is 18.6 Å². The van der Waals surface area contributed by atoms with Gasteiger partial charge < -0.3 is 5.73 Å². The van der Waals surface area contributed by atoms with Crippen LogP contribution >= 0.6 is 0 Å². The predicted octanol–water partition coefficient (Wildman–Crippen LogP) is 1.74. The monoisotopic (exact) mass is 209 g/mol. The Hall–Kier alpha value is -0.590. The minimum atomic E-state index is 0.110. The summed E-state index contributed by atoms with van der Waals surface area (Å²) < 4.78 is 0. The van der Waals surface area contributed by atoms with Crippen LogP contribution in [-0.4, -0.2) is 30.1 Å². The van der Waals surface area contributed by atoms with E-state index in [0.29, 0.717) is 12.1 Å². The smallest absolute Gasteiger partial charge is 0.0666 e. The van der Waals surface area contributed by atoms with Crippen LogP contribution in [0.15, 0.2) is 0 Å². The molecule has 1 saturated carbocycles. The first-order valence-electron chi connectivity index (χ1n) is 6.08. The molecule has 0 saturated heterocycles. The van der Waals surface area contributed by atoms with E-state index in [9.17, 15) is 0 Å². The largest absolute Gasteiger partial charge is 0.326 e. The maximum atomic E-state index is 8.84. The lowest BCUT2D eigenvalue weighted by atomic mass is 9.89. The number of nitrogens with two attached hydrogens (primary N) is 1. The van der Waals surface area contributed by atoms with Gasteiger partial charge in [-0.3, -0.25) is 4.90 Å². The highest BCUT2D eigenvalue weighted by atomic mass is 15.2. The van der Waals surface area contributed by atoms with Crippen LogP contribution in [0.5, 0.6) is 0 Å². The van der Waals surface area contributed by atoms with Crippen molar-refractivity contribution in [1.29, 1.82) is 5.26 Å². The zero-order valence-corrected chi connectivity index (χ0v) is 9.95. The molecule has 3 nitrogen and oxygen atoms in total. The Morgan fingerprint density at radius 3 is 2.67 bits per heavy atom. The van der Waals surface area contributed by atoms with Gasteiger partial charge in [0.2, 0.25) is 0 Å². The lowest BCUT2D eigenvalue weighted by Crippen LogP contribution is -2.50. The number of likely N-dealkylation sites (N-methyl/N-ethyl adjacent to an activating group) is 1. The maximum absolute atomic E-state index is 8.84. The minimum absolute atomic E-state index is 0.110. The van der Waals surface area contributed by atoms with Gasteiger partial charge in [-0.05, 0) is 26.3 Å². The summed E-state index contributed by atoms with van der Waals surface area (Å²) in [6.45, 7) is 6.01. The van der Waals surface area contributed by atoms with Crippen molar-refractivity contribution in [1.82, 2.24) is 4.90 Å². The van der Waals surface area contributed by atoms with E-state index in [-0.39, 0.29) is 5.92 Å². The molecule has 0 bridgehead atoms. The zero-order chi connectivity index (χ0) is 11.3. The SMILES string of the molecule is CCN(CC(C)C#N)C1CCCCC1N. The molecule has 2 N–H and O–H groups in total. The average molecular weight is 209 g/mol. The molecule has 1 rings (SSSR count). The molecule has 1 aliphatic carbocycles. The second kappa shape index (κ2) is 6.09. The van der Waals surface area contributed by atoms with Gasteiger partial charge in [-0.15, -0.1) is 0 Å². The summed E-state index contributed by atoms with van der Waals surface area (Å²) in [5, 5.41) is 8.84. The summed E-state index contributed by atoms with van der Waals surface area (Å²) in [6.07, 6.45) is 4.90. The number of hydrogen-bond acceptors (Lipinski definition) is 3. The van der Waals surface area contributed by atoms with Crippen molar-refractivity contribution in [3.05, 3.63) is 0 Å². The standard InChI is InChI=1S/C12H23N3/c1-3-15(9-10(2)8-13)12-7-5-4-6-11(12)14/h10-12H,3-7,9,14H2,1-2H3. The van der Waals surface area contributed by atoms with Crippen LogP contribution in [-0.2, 0) is 0 Å². The van der Waals surface area contributed by atoms with Crippen molar-refractivity contribution >= 4 is 0 Å². The molecule has 0 aromatic heterocycles. The zero-order valence-electron chi connectivity index (χ0n) is 9.95. The fraction of sp³-hybridized carbons (Fsp3) is 0.917. The predicted molar refractivity (Wildman–Crippen MR) is 62.3 cm³/mol. The van der Waals surface area contributed by atoms with Gasteiger partial charge in [0.15, 0.2) is 0 Å². The summed E-state index contributed by atoms with van der Waals surface area (Å²) >= 11 is 0. The summed E-state index contributed by atoms with van der Waals surface area (Å²) in [5.74, 6) is 0.110. The summed E-state index contributed by atoms with van der Waals surface area (Å²) in [5.41, 5.74) is 6.15. The first kappa shape index (κ1) is 12.5. The molecule has 0 aliphatic heterocycles. The molecule has 86 valence electrons. The Balaban J connectivity index is 2.52. The van der Waals surface area contributed by atoms with E-state index in [4.69, 9.17) is 11.0 Å². The molecule has 0 amide bonds. The van der Waals surface area contributed by atoms with Crippen molar-refractivity contribution in [2.45, 2.75) is 51.6 Å². The molecular weight excluding hydrogens is 186 g/mol. The number of nitrogens with zero attached hydrogens (tertiary/aromatic N) is 2. The highest BCUT2D eigenvalue weighted by Gasteiger charge is 2.27. The Kier molecular flexibility index (Phi) is 5.07. The third kappa shape index (κ3) is 3.48. The average Bonchev–Trinajstić information content (AvgIpc) is 2.26. The number of nitriles is 1. The minimum Gasteiger partial charge on any atom is -0.326 e. The van der Waals surface area contributed by atoms with E-state index in [0.717, 1.165) is 19.5 Å². The molecule has 15 heavy (non-hydrogen) atoms. The van der Waals surface area contributed by atoms with E-state index in [2.05, 4.69) is 17.9 Å². The van der Waals surface area contributed by atoms with Crippen LogP contribution in [0.3, 0.4) is 0 Å². The number of hydrogen-bond donors (Lipinski definition) is 1. The van der Waals surface area contributed by atoms with E-state index < -0.39 is 0 Å². The fourth-order valence-electron chi connectivity index (χ4n) is 2.48. The van der Waals surface area contributed by atoms with Crippen molar-refractivity contribution in [3.8, 4) is 6.07 Å². The second-order valence-electron chi connectivity index (χ2n) is 4.63. The molecule has 3 heteroatoms. The van der Waals surface area contributed by atoms with Crippen molar-refractivity contribution in [2.75, 3.05) is 13.1 Å². The van der Waals surface area contributed by atoms with Gasteiger partial charge in [0.05, 0.1) is 12.0 Å². The van der Waals surface area contributed by atoms with E-state index >= 15 is 0 Å². The normalized spacial score (nSPS) is 28.7. The van der Waals surface area contributed by atoms with Crippen LogP contribution in [0.4, 0.5) is 0 Å². The topological polar surface area (TPSA) is 53.0 Å². The van der Waals surface area contributed by atoms with Crippen molar-refractivity contribution in [2.24, 2.45) is 11.7 Å². The molecule has 0 aromatic carbocycles. The van der Waals surface area contributed by atoms with Crippen LogP contribution in [0, 0.1) is 17.2 Å². The molecule has 0 heterocycles. The van der Waals surface area contributed by atoms with Crippen LogP contribution < -0.4 is 5.73 Å². The maximum Gasteiger partial charge on any atom is 0.0666 e. The molecular formula is C12H23N3. The van der Waals surface area contributed by atoms with Gasteiger partial charge >= 0.3 is 0 Å². The summed E-state index contributed by atoms with van der Waals surface area (Å²) in [7, 11) is 0. The molecule has 0 spiro atoms. The van der Waals surface area contributed by atoms with Crippen LogP contribution in [0.25, 0.3) is 0 Å². The van der Waals surface area contributed by atoms with Gasteiger partial charge in [0.1, 0.15) is 0 Å². The fourth-order valence-corrected chi connectivity index (χ4v) is 2.48. The Bertz CT molecular complexity index is 221. The van der Waals surface area contributed by atoms with Crippen molar-refractivity contribution < 1.29 is 0 Å². The van der Waals surface area contributed by atoms with Crippen molar-refractivity contribution in [3.63, 3.8) is 0 Å². The third-order valence-electron chi connectivity index (χ3n) is 3.39. The molecule has 0 radical (unpaired) electrons. The second-order valence-corrected chi connectivity index (χ2v) is 4.63. The Morgan fingerprint density at radius 1 is 1.47 bits per heavy atom. The van der Waals surface area contributed by atoms with E-state index in [1.165, 1.54) is 19.3 Å². The van der Waals surface area contributed by atoms with Gasteiger partial charge in [0.25, 0.3) is 0 Å². The first-order chi connectivity index (χ1) is 7.19.